The van der Waals surface area contributed by atoms with Crippen LogP contribution in [0.1, 0.15) is 40.6 Å². The van der Waals surface area contributed by atoms with Gasteiger partial charge in [-0.15, -0.1) is 0 Å². The molecule has 0 atom stereocenters. The van der Waals surface area contributed by atoms with Gasteiger partial charge < -0.3 is 14.8 Å². The molecule has 5 nitrogen and oxygen atoms in total. The molecule has 1 aromatic heterocycles. The number of hydrogen-bond acceptors (Lipinski definition) is 3. The van der Waals surface area contributed by atoms with Crippen molar-refractivity contribution in [2.75, 3.05) is 18.4 Å². The van der Waals surface area contributed by atoms with Crippen LogP contribution in [0.4, 0.5) is 15.9 Å². The molecule has 3 rings (SSSR count). The largest absolute Gasteiger partial charge is 0.339 e. The predicted molar refractivity (Wildman–Crippen MR) is 103 cm³/mol. The van der Waals surface area contributed by atoms with Crippen molar-refractivity contribution >= 4 is 45.8 Å². The molecule has 1 fully saturated rings. The second kappa shape index (κ2) is 7.15. The van der Waals surface area contributed by atoms with E-state index in [0.717, 1.165) is 16.4 Å². The highest BCUT2D eigenvalue weighted by molar-refractivity contribution is 14.1. The summed E-state index contributed by atoms with van der Waals surface area (Å²) in [6, 6.07) is 6.42. The Morgan fingerprint density at radius 2 is 1.88 bits per heavy atom. The first kappa shape index (κ1) is 17.9. The second-order valence-electron chi connectivity index (χ2n) is 6.16. The fourth-order valence-electron chi connectivity index (χ4n) is 3.06. The highest BCUT2D eigenvalue weighted by Crippen LogP contribution is 2.29. The summed E-state index contributed by atoms with van der Waals surface area (Å²) in [7, 11) is 1.70. The van der Waals surface area contributed by atoms with Crippen molar-refractivity contribution in [3.8, 4) is 0 Å². The summed E-state index contributed by atoms with van der Waals surface area (Å²) in [5.74, 6) is -0.248. The van der Waals surface area contributed by atoms with Gasteiger partial charge in [-0.2, -0.15) is 0 Å². The number of aromatic nitrogens is 1. The lowest BCUT2D eigenvalue weighted by atomic mass is 10.2. The van der Waals surface area contributed by atoms with Crippen LogP contribution in [0.3, 0.4) is 0 Å². The molecule has 0 saturated carbocycles. The molecule has 0 aliphatic carbocycles. The van der Waals surface area contributed by atoms with E-state index in [0.29, 0.717) is 30.2 Å². The Morgan fingerprint density at radius 1 is 1.20 bits per heavy atom. The summed E-state index contributed by atoms with van der Waals surface area (Å²) < 4.78 is 16.6. The van der Waals surface area contributed by atoms with Crippen LogP contribution in [0.5, 0.6) is 0 Å². The van der Waals surface area contributed by atoms with Crippen molar-refractivity contribution in [3.63, 3.8) is 0 Å². The molecule has 0 radical (unpaired) electrons. The number of Topliss-reactive ketones (excluding diaryl/α,β-unsaturated/α-hetero) is 1. The van der Waals surface area contributed by atoms with Crippen molar-refractivity contribution < 1.29 is 14.0 Å². The van der Waals surface area contributed by atoms with E-state index in [2.05, 4.69) is 5.32 Å². The van der Waals surface area contributed by atoms with E-state index in [1.54, 1.807) is 34.7 Å². The number of nitrogens with zero attached hydrogens (tertiary/aromatic N) is 2. The maximum absolute atomic E-state index is 14.2. The van der Waals surface area contributed by atoms with Gasteiger partial charge in [0.15, 0.2) is 5.78 Å². The molecule has 2 aromatic rings. The van der Waals surface area contributed by atoms with Crippen molar-refractivity contribution in [2.24, 2.45) is 7.05 Å². The second-order valence-corrected chi connectivity index (χ2v) is 7.40. The SMILES string of the molecule is CC(=O)c1cc(C(=O)N2CCCC2)c(Nc2ccc(I)cc2F)n1C. The quantitative estimate of drug-likeness (QED) is 0.561. The highest BCUT2D eigenvalue weighted by atomic mass is 127. The third-order valence-electron chi connectivity index (χ3n) is 4.40. The van der Waals surface area contributed by atoms with Gasteiger partial charge in [0.05, 0.1) is 16.9 Å². The first-order chi connectivity index (χ1) is 11.9. The lowest BCUT2D eigenvalue weighted by Crippen LogP contribution is -2.28. The van der Waals surface area contributed by atoms with Gasteiger partial charge in [0.1, 0.15) is 11.6 Å². The number of ketones is 1. The van der Waals surface area contributed by atoms with E-state index in [1.807, 2.05) is 22.6 Å². The summed E-state index contributed by atoms with van der Waals surface area (Å²) >= 11 is 2.04. The third kappa shape index (κ3) is 3.56. The van der Waals surface area contributed by atoms with Crippen LogP contribution in [0, 0.1) is 9.39 Å². The van der Waals surface area contributed by atoms with Crippen molar-refractivity contribution in [1.29, 1.82) is 0 Å². The molecule has 7 heteroatoms. The number of hydrogen-bond donors (Lipinski definition) is 1. The fourth-order valence-corrected chi connectivity index (χ4v) is 3.52. The molecule has 0 spiro atoms. The van der Waals surface area contributed by atoms with E-state index in [9.17, 15) is 14.0 Å². The summed E-state index contributed by atoms with van der Waals surface area (Å²) in [5.41, 5.74) is 1.08. The molecule has 0 unspecified atom stereocenters. The zero-order valence-corrected chi connectivity index (χ0v) is 16.3. The van der Waals surface area contributed by atoms with Crippen LogP contribution in [-0.4, -0.2) is 34.2 Å². The summed E-state index contributed by atoms with van der Waals surface area (Å²) in [6.45, 7) is 2.87. The van der Waals surface area contributed by atoms with E-state index >= 15 is 0 Å². The van der Waals surface area contributed by atoms with Crippen LogP contribution in [0.25, 0.3) is 0 Å². The van der Waals surface area contributed by atoms with Crippen LogP contribution in [0.15, 0.2) is 24.3 Å². The Labute approximate surface area is 159 Å². The van der Waals surface area contributed by atoms with Gasteiger partial charge in [0.25, 0.3) is 5.91 Å². The number of anilines is 2. The first-order valence-corrected chi connectivity index (χ1v) is 9.18. The molecule has 1 aliphatic heterocycles. The first-order valence-electron chi connectivity index (χ1n) is 8.10. The van der Waals surface area contributed by atoms with Crippen LogP contribution in [0.2, 0.25) is 0 Å². The summed E-state index contributed by atoms with van der Waals surface area (Å²) in [5, 5.41) is 3.00. The number of carbonyl (C=O) groups is 2. The van der Waals surface area contributed by atoms with Crippen molar-refractivity contribution in [2.45, 2.75) is 19.8 Å². The number of nitrogens with one attached hydrogen (secondary N) is 1. The number of benzene rings is 1. The summed E-state index contributed by atoms with van der Waals surface area (Å²) in [6.07, 6.45) is 1.96. The Kier molecular flexibility index (Phi) is 5.12. The van der Waals surface area contributed by atoms with E-state index in [-0.39, 0.29) is 17.4 Å². The zero-order valence-electron chi connectivity index (χ0n) is 14.1. The van der Waals surface area contributed by atoms with Gasteiger partial charge >= 0.3 is 0 Å². The van der Waals surface area contributed by atoms with E-state index in [1.165, 1.54) is 13.0 Å². The molecular formula is C18H19FIN3O2. The van der Waals surface area contributed by atoms with Gasteiger partial charge in [0, 0.05) is 30.6 Å². The maximum atomic E-state index is 14.2. The number of halogens is 2. The molecule has 1 aliphatic rings. The van der Waals surface area contributed by atoms with E-state index in [4.69, 9.17) is 0 Å². The molecule has 1 saturated heterocycles. The zero-order chi connectivity index (χ0) is 18.1. The minimum Gasteiger partial charge on any atom is -0.339 e. The minimum absolute atomic E-state index is 0.131. The average Bonchev–Trinajstić information content (AvgIpc) is 3.18. The molecule has 132 valence electrons. The van der Waals surface area contributed by atoms with Gasteiger partial charge in [-0.05, 0) is 59.7 Å². The standard InChI is InChI=1S/C18H19FIN3O2/c1-11(24)16-10-13(18(25)23-7-3-4-8-23)17(22(16)2)21-15-6-5-12(20)9-14(15)19/h5-6,9-10,21H,3-4,7-8H2,1-2H3. The molecule has 0 bridgehead atoms. The third-order valence-corrected chi connectivity index (χ3v) is 5.07. The van der Waals surface area contributed by atoms with Crippen molar-refractivity contribution in [1.82, 2.24) is 9.47 Å². The number of rotatable bonds is 4. The van der Waals surface area contributed by atoms with Crippen LogP contribution >= 0.6 is 22.6 Å². The summed E-state index contributed by atoms with van der Waals surface area (Å²) in [4.78, 5) is 26.5. The lowest BCUT2D eigenvalue weighted by Gasteiger charge is -2.17. The van der Waals surface area contributed by atoms with Crippen LogP contribution in [-0.2, 0) is 7.05 Å². The monoisotopic (exact) mass is 455 g/mol. The average molecular weight is 455 g/mol. The van der Waals surface area contributed by atoms with Gasteiger partial charge in [-0.25, -0.2) is 4.39 Å². The number of carbonyl (C=O) groups excluding carboxylic acids is 2. The van der Waals surface area contributed by atoms with Gasteiger partial charge in [-0.1, -0.05) is 0 Å². The molecule has 25 heavy (non-hydrogen) atoms. The number of amides is 1. The van der Waals surface area contributed by atoms with Crippen molar-refractivity contribution in [3.05, 3.63) is 44.9 Å². The van der Waals surface area contributed by atoms with E-state index < -0.39 is 5.82 Å². The van der Waals surface area contributed by atoms with Gasteiger partial charge in [0.2, 0.25) is 0 Å². The Bertz CT molecular complexity index is 841. The minimum atomic E-state index is -0.406. The van der Waals surface area contributed by atoms with Gasteiger partial charge in [-0.3, -0.25) is 9.59 Å². The molecular weight excluding hydrogens is 436 g/mol. The number of likely N-dealkylation sites (tertiary alicyclic amines) is 1. The molecule has 1 aromatic carbocycles. The Morgan fingerprint density at radius 3 is 2.48 bits per heavy atom. The highest BCUT2D eigenvalue weighted by Gasteiger charge is 2.26. The molecule has 2 heterocycles. The Balaban J connectivity index is 2.03. The predicted octanol–water partition coefficient (Wildman–Crippen LogP) is 3.95. The Hall–Kier alpha value is -1.90. The lowest BCUT2D eigenvalue weighted by molar-refractivity contribution is 0.0794. The molecule has 1 N–H and O–H groups in total. The molecule has 1 amide bonds. The normalized spacial score (nSPS) is 14.0. The topological polar surface area (TPSA) is 54.3 Å². The van der Waals surface area contributed by atoms with Crippen LogP contribution < -0.4 is 5.32 Å². The maximum Gasteiger partial charge on any atom is 0.257 e. The smallest absolute Gasteiger partial charge is 0.257 e. The fraction of sp³-hybridized carbons (Fsp3) is 0.333.